The fourth-order valence-corrected chi connectivity index (χ4v) is 3.84. The molecule has 1 aromatic heterocycles. The maximum atomic E-state index is 12.7. The number of ether oxygens (including phenoxy) is 1. The summed E-state index contributed by atoms with van der Waals surface area (Å²) in [5.74, 6) is 0.0270. The van der Waals surface area contributed by atoms with Crippen LogP contribution in [0.3, 0.4) is 0 Å². The molecule has 6 heteroatoms. The zero-order chi connectivity index (χ0) is 17.9. The molecule has 0 bridgehead atoms. The summed E-state index contributed by atoms with van der Waals surface area (Å²) in [4.78, 5) is 19.1. The summed E-state index contributed by atoms with van der Waals surface area (Å²) in [5, 5.41) is 13.8. The molecule has 2 N–H and O–H groups in total. The van der Waals surface area contributed by atoms with E-state index in [-0.39, 0.29) is 18.4 Å². The van der Waals surface area contributed by atoms with Crippen LogP contribution >= 0.6 is 0 Å². The number of morpholine rings is 1. The maximum Gasteiger partial charge on any atom is 0.225 e. The Hall–Kier alpha value is -1.66. The van der Waals surface area contributed by atoms with Crippen LogP contribution in [-0.4, -0.2) is 53.2 Å². The first-order valence-electron chi connectivity index (χ1n) is 9.27. The molecule has 0 unspecified atom stereocenters. The molecule has 1 aliphatic carbocycles. The lowest BCUT2D eigenvalue weighted by Crippen LogP contribution is -2.46. The predicted molar refractivity (Wildman–Crippen MR) is 96.4 cm³/mol. The minimum atomic E-state index is -0.815. The highest BCUT2D eigenvalue weighted by Crippen LogP contribution is 2.32. The van der Waals surface area contributed by atoms with Crippen molar-refractivity contribution < 1.29 is 14.6 Å². The average molecular weight is 347 g/mol. The van der Waals surface area contributed by atoms with Crippen molar-refractivity contribution in [1.29, 1.82) is 0 Å². The van der Waals surface area contributed by atoms with Crippen LogP contribution in [0, 0.1) is 6.92 Å². The zero-order valence-electron chi connectivity index (χ0n) is 15.3. The van der Waals surface area contributed by atoms with Gasteiger partial charge in [-0.05, 0) is 31.9 Å². The highest BCUT2D eigenvalue weighted by molar-refractivity contribution is 5.77. The van der Waals surface area contributed by atoms with Crippen molar-refractivity contribution in [1.82, 2.24) is 9.88 Å². The number of carbonyl (C=O) groups excluding carboxylic acids is 1. The SMILES string of the molecule is CNc1cc(C)nc([C@@H]2CN(C(=O)CC3(O)CCCCC3)CCO2)c1. The Bertz CT molecular complexity index is 614. The Balaban J connectivity index is 1.66. The third-order valence-electron chi connectivity index (χ3n) is 5.28. The van der Waals surface area contributed by atoms with E-state index in [9.17, 15) is 9.90 Å². The number of nitrogens with zero attached hydrogens (tertiary/aromatic N) is 2. The molecular formula is C19H29N3O3. The summed E-state index contributed by atoms with van der Waals surface area (Å²) >= 11 is 0. The molecule has 138 valence electrons. The Morgan fingerprint density at radius 1 is 1.40 bits per heavy atom. The van der Waals surface area contributed by atoms with Crippen molar-refractivity contribution in [2.45, 2.75) is 57.2 Å². The Morgan fingerprint density at radius 3 is 2.88 bits per heavy atom. The number of amides is 1. The number of aromatic nitrogens is 1. The topological polar surface area (TPSA) is 74.7 Å². The first-order chi connectivity index (χ1) is 12.0. The first-order valence-corrected chi connectivity index (χ1v) is 9.27. The monoisotopic (exact) mass is 347 g/mol. The summed E-state index contributed by atoms with van der Waals surface area (Å²) < 4.78 is 5.87. The fraction of sp³-hybridized carbons (Fsp3) is 0.684. The number of hydrogen-bond acceptors (Lipinski definition) is 5. The van der Waals surface area contributed by atoms with Gasteiger partial charge in [0.25, 0.3) is 0 Å². The molecule has 0 aromatic carbocycles. The van der Waals surface area contributed by atoms with Gasteiger partial charge in [-0.3, -0.25) is 9.78 Å². The second-order valence-electron chi connectivity index (χ2n) is 7.33. The van der Waals surface area contributed by atoms with Gasteiger partial charge < -0.3 is 20.1 Å². The summed E-state index contributed by atoms with van der Waals surface area (Å²) in [5.41, 5.74) is 1.94. The summed E-state index contributed by atoms with van der Waals surface area (Å²) in [7, 11) is 1.88. The van der Waals surface area contributed by atoms with Crippen LogP contribution in [0.15, 0.2) is 12.1 Å². The van der Waals surface area contributed by atoms with Gasteiger partial charge in [0, 0.05) is 25.0 Å². The second-order valence-corrected chi connectivity index (χ2v) is 7.33. The number of anilines is 1. The standard InChI is InChI=1S/C19H29N3O3/c1-14-10-15(20-2)11-16(21-14)17-13-22(8-9-25-17)18(23)12-19(24)6-4-3-5-7-19/h10-11,17,24H,3-9,12-13H2,1-2H3,(H,20,21)/t17-/m0/s1. The van der Waals surface area contributed by atoms with Crippen LogP contribution in [0.1, 0.15) is 56.0 Å². The van der Waals surface area contributed by atoms with Gasteiger partial charge in [-0.15, -0.1) is 0 Å². The molecule has 1 saturated carbocycles. The lowest BCUT2D eigenvalue weighted by Gasteiger charge is -2.37. The molecular weight excluding hydrogens is 318 g/mol. The molecule has 25 heavy (non-hydrogen) atoms. The molecule has 3 rings (SSSR count). The van der Waals surface area contributed by atoms with E-state index in [2.05, 4.69) is 10.3 Å². The highest BCUT2D eigenvalue weighted by Gasteiger charge is 2.35. The van der Waals surface area contributed by atoms with Crippen LogP contribution < -0.4 is 5.32 Å². The number of aryl methyl sites for hydroxylation is 1. The third-order valence-corrected chi connectivity index (χ3v) is 5.28. The molecule has 1 aliphatic heterocycles. The van der Waals surface area contributed by atoms with Crippen molar-refractivity contribution in [3.8, 4) is 0 Å². The quantitative estimate of drug-likeness (QED) is 0.875. The molecule has 0 spiro atoms. The first kappa shape index (κ1) is 18.1. The van der Waals surface area contributed by atoms with E-state index in [4.69, 9.17) is 4.74 Å². The van der Waals surface area contributed by atoms with Crippen molar-refractivity contribution in [2.75, 3.05) is 32.1 Å². The van der Waals surface area contributed by atoms with Crippen LogP contribution in [0.2, 0.25) is 0 Å². The van der Waals surface area contributed by atoms with Crippen LogP contribution in [0.4, 0.5) is 5.69 Å². The molecule has 2 fully saturated rings. The van der Waals surface area contributed by atoms with Crippen LogP contribution in [0.25, 0.3) is 0 Å². The van der Waals surface area contributed by atoms with Crippen molar-refractivity contribution >= 4 is 11.6 Å². The largest absolute Gasteiger partial charge is 0.389 e. The number of pyridine rings is 1. The van der Waals surface area contributed by atoms with E-state index in [1.807, 2.05) is 31.0 Å². The van der Waals surface area contributed by atoms with Crippen molar-refractivity contribution in [3.63, 3.8) is 0 Å². The zero-order valence-corrected chi connectivity index (χ0v) is 15.3. The van der Waals surface area contributed by atoms with E-state index >= 15 is 0 Å². The smallest absolute Gasteiger partial charge is 0.225 e. The Kier molecular flexibility index (Phi) is 5.59. The normalized spacial score (nSPS) is 23.3. The van der Waals surface area contributed by atoms with Gasteiger partial charge in [0.1, 0.15) is 6.10 Å². The lowest BCUT2D eigenvalue weighted by atomic mass is 9.82. The maximum absolute atomic E-state index is 12.7. The Labute approximate surface area is 149 Å². The van der Waals surface area contributed by atoms with E-state index in [0.29, 0.717) is 19.7 Å². The number of nitrogens with one attached hydrogen (secondary N) is 1. The third kappa shape index (κ3) is 4.50. The highest BCUT2D eigenvalue weighted by atomic mass is 16.5. The minimum Gasteiger partial charge on any atom is -0.389 e. The van der Waals surface area contributed by atoms with Gasteiger partial charge >= 0.3 is 0 Å². The van der Waals surface area contributed by atoms with Gasteiger partial charge in [-0.25, -0.2) is 0 Å². The Morgan fingerprint density at radius 2 is 2.16 bits per heavy atom. The summed E-state index contributed by atoms with van der Waals surface area (Å²) in [6, 6.07) is 3.95. The average Bonchev–Trinajstić information content (AvgIpc) is 2.61. The van der Waals surface area contributed by atoms with Crippen molar-refractivity contribution in [2.24, 2.45) is 0 Å². The number of carbonyl (C=O) groups is 1. The molecule has 1 aromatic rings. The van der Waals surface area contributed by atoms with Crippen LogP contribution in [0.5, 0.6) is 0 Å². The van der Waals surface area contributed by atoms with E-state index < -0.39 is 5.60 Å². The van der Waals surface area contributed by atoms with Gasteiger partial charge in [0.2, 0.25) is 5.91 Å². The predicted octanol–water partition coefficient (Wildman–Crippen LogP) is 2.42. The van der Waals surface area contributed by atoms with Gasteiger partial charge in [0.15, 0.2) is 0 Å². The summed E-state index contributed by atoms with van der Waals surface area (Å²) in [6.07, 6.45) is 4.65. The molecule has 0 radical (unpaired) electrons. The number of hydrogen-bond donors (Lipinski definition) is 2. The van der Waals surface area contributed by atoms with Crippen LogP contribution in [-0.2, 0) is 9.53 Å². The van der Waals surface area contributed by atoms with Crippen molar-refractivity contribution in [3.05, 3.63) is 23.5 Å². The minimum absolute atomic E-state index is 0.0270. The number of rotatable bonds is 4. The molecule has 1 saturated heterocycles. The summed E-state index contributed by atoms with van der Waals surface area (Å²) in [6.45, 7) is 3.53. The molecule has 2 aliphatic rings. The molecule has 6 nitrogen and oxygen atoms in total. The van der Waals surface area contributed by atoms with E-state index in [1.165, 1.54) is 0 Å². The molecule has 1 amide bonds. The number of aliphatic hydroxyl groups is 1. The van der Waals surface area contributed by atoms with Gasteiger partial charge in [0.05, 0.1) is 30.9 Å². The van der Waals surface area contributed by atoms with Gasteiger partial charge in [-0.2, -0.15) is 0 Å². The van der Waals surface area contributed by atoms with E-state index in [0.717, 1.165) is 49.2 Å². The van der Waals surface area contributed by atoms with E-state index in [1.54, 1.807) is 0 Å². The van der Waals surface area contributed by atoms with Gasteiger partial charge in [-0.1, -0.05) is 19.3 Å². The fourth-order valence-electron chi connectivity index (χ4n) is 3.84. The second kappa shape index (κ2) is 7.70. The molecule has 1 atom stereocenters. The molecule has 2 heterocycles. The lowest BCUT2D eigenvalue weighted by molar-refractivity contribution is -0.145.